The highest BCUT2D eigenvalue weighted by molar-refractivity contribution is 5.84. The van der Waals surface area contributed by atoms with Gasteiger partial charge in [-0.3, -0.25) is 0 Å². The van der Waals surface area contributed by atoms with Crippen LogP contribution in [0.1, 0.15) is 73.6 Å². The monoisotopic (exact) mass is 476 g/mol. The lowest BCUT2D eigenvalue weighted by Gasteiger charge is -2.27. The number of hydrogen-bond acceptors (Lipinski definition) is 1. The van der Waals surface area contributed by atoms with Gasteiger partial charge in [0.25, 0.3) is 0 Å². The van der Waals surface area contributed by atoms with Gasteiger partial charge >= 0.3 is 6.36 Å². The van der Waals surface area contributed by atoms with Gasteiger partial charge in [0.2, 0.25) is 0 Å². The molecule has 0 spiro atoms. The van der Waals surface area contributed by atoms with Crippen LogP contribution in [0.25, 0.3) is 10.8 Å². The molecular weight excluding hydrogens is 447 g/mol. The Labute approximate surface area is 196 Å². The molecular formula is C28H29F5O. The number of unbranched alkanes of at least 4 members (excludes halogenated alkanes) is 4. The predicted octanol–water partition coefficient (Wildman–Crippen LogP) is 8.80. The molecule has 0 bridgehead atoms. The smallest absolute Gasteiger partial charge is 0.403 e. The van der Waals surface area contributed by atoms with Crippen LogP contribution in [0.4, 0.5) is 22.0 Å². The van der Waals surface area contributed by atoms with Crippen LogP contribution in [-0.4, -0.2) is 6.36 Å². The molecule has 1 aliphatic rings. The van der Waals surface area contributed by atoms with Crippen molar-refractivity contribution in [2.75, 3.05) is 0 Å². The second-order valence-electron chi connectivity index (χ2n) is 9.19. The maximum atomic E-state index is 15.5. The molecule has 0 N–H and O–H groups in total. The van der Waals surface area contributed by atoms with Crippen LogP contribution in [0, 0.1) is 11.6 Å². The zero-order valence-electron chi connectivity index (χ0n) is 19.3. The minimum atomic E-state index is -4.95. The number of rotatable bonds is 8. The quantitative estimate of drug-likeness (QED) is 0.233. The van der Waals surface area contributed by atoms with Crippen LogP contribution in [-0.2, 0) is 19.3 Å². The molecule has 0 radical (unpaired) electrons. The number of aryl methyl sites for hydroxylation is 1. The average Bonchev–Trinajstić information content (AvgIpc) is 2.80. The molecule has 0 aliphatic heterocycles. The lowest BCUT2D eigenvalue weighted by Crippen LogP contribution is -2.20. The number of benzene rings is 3. The number of alkyl halides is 3. The van der Waals surface area contributed by atoms with Crippen molar-refractivity contribution in [1.29, 1.82) is 0 Å². The van der Waals surface area contributed by atoms with Crippen molar-refractivity contribution in [3.05, 3.63) is 76.4 Å². The topological polar surface area (TPSA) is 9.23 Å². The summed E-state index contributed by atoms with van der Waals surface area (Å²) in [6.07, 6.45) is 3.13. The Morgan fingerprint density at radius 2 is 1.71 bits per heavy atom. The standard InChI is InChI=1S/C28H29F5O/c1-2-3-4-5-6-7-18-8-12-22-19(16-18)9-13-23(26(22)29)20-10-14-24-21(17-20)11-15-25(27(24)30)34-28(31,32)33/h8-9,11-13,15-16,20H,2-7,10,14,17H2,1H3. The van der Waals surface area contributed by atoms with E-state index in [0.717, 1.165) is 24.3 Å². The highest BCUT2D eigenvalue weighted by Crippen LogP contribution is 2.39. The van der Waals surface area contributed by atoms with Gasteiger partial charge in [-0.05, 0) is 71.7 Å². The van der Waals surface area contributed by atoms with Gasteiger partial charge in [-0.1, -0.05) is 69.0 Å². The molecule has 34 heavy (non-hydrogen) atoms. The molecule has 1 aliphatic carbocycles. The van der Waals surface area contributed by atoms with Gasteiger partial charge in [0, 0.05) is 5.39 Å². The predicted molar refractivity (Wildman–Crippen MR) is 124 cm³/mol. The summed E-state index contributed by atoms with van der Waals surface area (Å²) in [5, 5.41) is 1.43. The van der Waals surface area contributed by atoms with Crippen molar-refractivity contribution in [2.24, 2.45) is 0 Å². The van der Waals surface area contributed by atoms with E-state index in [0.29, 0.717) is 29.4 Å². The first-order valence-corrected chi connectivity index (χ1v) is 12.0. The highest BCUT2D eigenvalue weighted by Gasteiger charge is 2.34. The fraction of sp³-hybridized carbons (Fsp3) is 0.429. The maximum absolute atomic E-state index is 15.5. The van der Waals surface area contributed by atoms with Gasteiger partial charge in [0.15, 0.2) is 11.6 Å². The summed E-state index contributed by atoms with van der Waals surface area (Å²) in [6, 6.07) is 12.1. The third-order valence-electron chi connectivity index (χ3n) is 6.80. The molecule has 0 amide bonds. The molecule has 0 saturated carbocycles. The van der Waals surface area contributed by atoms with Crippen molar-refractivity contribution in [2.45, 2.75) is 77.0 Å². The van der Waals surface area contributed by atoms with Crippen LogP contribution < -0.4 is 4.74 Å². The molecule has 182 valence electrons. The van der Waals surface area contributed by atoms with Gasteiger partial charge in [-0.25, -0.2) is 8.78 Å². The van der Waals surface area contributed by atoms with E-state index in [1.54, 1.807) is 6.07 Å². The second-order valence-corrected chi connectivity index (χ2v) is 9.19. The number of halogens is 5. The molecule has 0 aromatic heterocycles. The Morgan fingerprint density at radius 3 is 2.47 bits per heavy atom. The van der Waals surface area contributed by atoms with E-state index in [4.69, 9.17) is 0 Å². The van der Waals surface area contributed by atoms with E-state index in [-0.39, 0.29) is 23.7 Å². The zero-order valence-corrected chi connectivity index (χ0v) is 19.3. The summed E-state index contributed by atoms with van der Waals surface area (Å²) >= 11 is 0. The van der Waals surface area contributed by atoms with Crippen molar-refractivity contribution < 1.29 is 26.7 Å². The van der Waals surface area contributed by atoms with Crippen molar-refractivity contribution in [1.82, 2.24) is 0 Å². The molecule has 6 heteroatoms. The third kappa shape index (κ3) is 5.53. The van der Waals surface area contributed by atoms with Gasteiger partial charge in [0.1, 0.15) is 5.82 Å². The van der Waals surface area contributed by atoms with Crippen molar-refractivity contribution in [3.8, 4) is 5.75 Å². The van der Waals surface area contributed by atoms with Crippen LogP contribution in [0.2, 0.25) is 0 Å². The lowest BCUT2D eigenvalue weighted by molar-refractivity contribution is -0.275. The summed E-state index contributed by atoms with van der Waals surface area (Å²) < 4.78 is 71.4. The summed E-state index contributed by atoms with van der Waals surface area (Å²) in [5.41, 5.74) is 2.60. The fourth-order valence-corrected chi connectivity index (χ4v) is 5.02. The van der Waals surface area contributed by atoms with Crippen molar-refractivity contribution in [3.63, 3.8) is 0 Å². The average molecular weight is 477 g/mol. The Hall–Kier alpha value is -2.63. The first kappa shape index (κ1) is 24.5. The molecule has 1 nitrogen and oxygen atoms in total. The van der Waals surface area contributed by atoms with Crippen LogP contribution in [0.3, 0.4) is 0 Å². The summed E-state index contributed by atoms with van der Waals surface area (Å²) in [7, 11) is 0. The molecule has 0 saturated heterocycles. The highest BCUT2D eigenvalue weighted by atomic mass is 19.4. The van der Waals surface area contributed by atoms with Crippen LogP contribution >= 0.6 is 0 Å². The van der Waals surface area contributed by atoms with E-state index in [9.17, 15) is 17.6 Å². The largest absolute Gasteiger partial charge is 0.573 e. The van der Waals surface area contributed by atoms with E-state index in [1.165, 1.54) is 37.3 Å². The normalized spacial score (nSPS) is 16.0. The van der Waals surface area contributed by atoms with Gasteiger partial charge < -0.3 is 4.74 Å². The Bertz CT molecular complexity index is 1150. The minimum Gasteiger partial charge on any atom is -0.403 e. The summed E-state index contributed by atoms with van der Waals surface area (Å²) in [4.78, 5) is 0. The van der Waals surface area contributed by atoms with E-state index >= 15 is 4.39 Å². The second kappa shape index (κ2) is 10.3. The van der Waals surface area contributed by atoms with Gasteiger partial charge in [-0.15, -0.1) is 13.2 Å². The number of hydrogen-bond donors (Lipinski definition) is 0. The molecule has 0 heterocycles. The maximum Gasteiger partial charge on any atom is 0.573 e. The molecule has 1 atom stereocenters. The lowest BCUT2D eigenvalue weighted by atomic mass is 9.79. The number of fused-ring (bicyclic) bond motifs is 2. The van der Waals surface area contributed by atoms with E-state index < -0.39 is 17.9 Å². The molecule has 3 aromatic carbocycles. The van der Waals surface area contributed by atoms with Crippen LogP contribution in [0.15, 0.2) is 42.5 Å². The summed E-state index contributed by atoms with van der Waals surface area (Å²) in [5.74, 6) is -2.22. The van der Waals surface area contributed by atoms with E-state index in [1.807, 2.05) is 18.2 Å². The van der Waals surface area contributed by atoms with Gasteiger partial charge in [-0.2, -0.15) is 0 Å². The molecule has 1 unspecified atom stereocenters. The SMILES string of the molecule is CCCCCCCc1ccc2c(F)c(C3CCc4c(ccc(OC(F)(F)F)c4F)C3)ccc2c1. The minimum absolute atomic E-state index is 0.163. The van der Waals surface area contributed by atoms with Gasteiger partial charge in [0.05, 0.1) is 0 Å². The van der Waals surface area contributed by atoms with E-state index in [2.05, 4.69) is 17.7 Å². The Kier molecular flexibility index (Phi) is 7.44. The first-order valence-electron chi connectivity index (χ1n) is 12.0. The van der Waals surface area contributed by atoms with Crippen LogP contribution in [0.5, 0.6) is 5.75 Å². The zero-order chi connectivity index (χ0) is 24.3. The Morgan fingerprint density at radius 1 is 0.912 bits per heavy atom. The molecule has 3 aromatic rings. The Balaban J connectivity index is 1.50. The number of ether oxygens (including phenoxy) is 1. The fourth-order valence-electron chi connectivity index (χ4n) is 5.02. The third-order valence-corrected chi connectivity index (χ3v) is 6.80. The molecule has 4 rings (SSSR count). The first-order chi connectivity index (χ1) is 16.3. The van der Waals surface area contributed by atoms with Crippen molar-refractivity contribution >= 4 is 10.8 Å². The summed E-state index contributed by atoms with van der Waals surface area (Å²) in [6.45, 7) is 2.19. The molecule has 0 fully saturated rings.